The average molecular weight is 344 g/mol. The molecule has 26 heavy (non-hydrogen) atoms. The highest BCUT2D eigenvalue weighted by Crippen LogP contribution is 2.26. The summed E-state index contributed by atoms with van der Waals surface area (Å²) in [4.78, 5) is 30.6. The van der Waals surface area contributed by atoms with Crippen molar-refractivity contribution in [2.75, 3.05) is 0 Å². The molecule has 2 heterocycles. The molecule has 128 valence electrons. The van der Waals surface area contributed by atoms with Crippen molar-refractivity contribution in [3.8, 4) is 11.1 Å². The number of nitrogens with zero attached hydrogens (tertiary/aromatic N) is 1. The maximum atomic E-state index is 12.6. The molecule has 0 amide bonds. The molecule has 0 aliphatic carbocycles. The molecule has 5 heteroatoms. The predicted molar refractivity (Wildman–Crippen MR) is 101 cm³/mol. The molecule has 0 bridgehead atoms. The smallest absolute Gasteiger partial charge is 0.268 e. The summed E-state index contributed by atoms with van der Waals surface area (Å²) < 4.78 is 1.56. The SMILES string of the molecule is Cc1ccccc1-c1cc[nH+]c2c1c(=O)[nH]c(=O)n2Cc1ccccc1. The number of pyridine rings is 1. The lowest BCUT2D eigenvalue weighted by atomic mass is 9.99. The van der Waals surface area contributed by atoms with Crippen LogP contribution in [0.2, 0.25) is 0 Å². The molecule has 0 aliphatic heterocycles. The van der Waals surface area contributed by atoms with E-state index in [2.05, 4.69) is 9.97 Å². The van der Waals surface area contributed by atoms with Crippen LogP contribution in [0.5, 0.6) is 0 Å². The number of rotatable bonds is 3. The molecule has 0 unspecified atom stereocenters. The summed E-state index contributed by atoms with van der Waals surface area (Å²) in [6, 6.07) is 19.5. The average Bonchev–Trinajstić information content (AvgIpc) is 2.66. The molecule has 0 aliphatic rings. The van der Waals surface area contributed by atoms with Crippen LogP contribution in [0.15, 0.2) is 76.4 Å². The van der Waals surface area contributed by atoms with E-state index in [1.54, 1.807) is 10.8 Å². The van der Waals surface area contributed by atoms with Crippen molar-refractivity contribution in [3.05, 3.63) is 98.8 Å². The third kappa shape index (κ3) is 2.73. The van der Waals surface area contributed by atoms with Crippen LogP contribution in [0.3, 0.4) is 0 Å². The van der Waals surface area contributed by atoms with Gasteiger partial charge in [-0.05, 0) is 29.7 Å². The molecule has 0 fully saturated rings. The van der Waals surface area contributed by atoms with Crippen molar-refractivity contribution < 1.29 is 4.98 Å². The van der Waals surface area contributed by atoms with E-state index >= 15 is 0 Å². The maximum Gasteiger partial charge on any atom is 0.416 e. The fraction of sp³-hybridized carbons (Fsp3) is 0.0952. The Balaban J connectivity index is 2.01. The Morgan fingerprint density at radius 3 is 2.42 bits per heavy atom. The lowest BCUT2D eigenvalue weighted by Crippen LogP contribution is -2.34. The van der Waals surface area contributed by atoms with E-state index in [0.717, 1.165) is 22.3 Å². The number of benzene rings is 2. The molecule has 4 rings (SSSR count). The summed E-state index contributed by atoms with van der Waals surface area (Å²) in [5.41, 5.74) is 3.54. The number of hydrogen-bond donors (Lipinski definition) is 1. The van der Waals surface area contributed by atoms with Gasteiger partial charge in [-0.2, -0.15) is 4.57 Å². The summed E-state index contributed by atoms with van der Waals surface area (Å²) in [6.45, 7) is 2.38. The highest BCUT2D eigenvalue weighted by molar-refractivity contribution is 5.91. The summed E-state index contributed by atoms with van der Waals surface area (Å²) >= 11 is 0. The number of nitrogens with one attached hydrogen (secondary N) is 2. The highest BCUT2D eigenvalue weighted by Gasteiger charge is 2.20. The minimum absolute atomic E-state index is 0.376. The van der Waals surface area contributed by atoms with Crippen molar-refractivity contribution in [3.63, 3.8) is 0 Å². The quantitative estimate of drug-likeness (QED) is 0.620. The molecular weight excluding hydrogens is 326 g/mol. The first-order valence-corrected chi connectivity index (χ1v) is 8.42. The minimum atomic E-state index is -0.426. The molecule has 0 saturated heterocycles. The van der Waals surface area contributed by atoms with Crippen LogP contribution in [0.4, 0.5) is 0 Å². The van der Waals surface area contributed by atoms with E-state index < -0.39 is 5.69 Å². The molecule has 0 saturated carbocycles. The first kappa shape index (κ1) is 16.0. The summed E-state index contributed by atoms with van der Waals surface area (Å²) in [7, 11) is 0. The zero-order valence-electron chi connectivity index (χ0n) is 14.3. The van der Waals surface area contributed by atoms with Gasteiger partial charge < -0.3 is 0 Å². The summed E-state index contributed by atoms with van der Waals surface area (Å²) in [5, 5.41) is 0.484. The fourth-order valence-electron chi connectivity index (χ4n) is 3.27. The number of aryl methyl sites for hydroxylation is 1. The van der Waals surface area contributed by atoms with Crippen molar-refractivity contribution in [1.82, 2.24) is 9.55 Å². The summed E-state index contributed by atoms with van der Waals surface area (Å²) in [5.74, 6) is 0. The largest absolute Gasteiger partial charge is 0.416 e. The second-order valence-corrected chi connectivity index (χ2v) is 6.26. The monoisotopic (exact) mass is 344 g/mol. The van der Waals surface area contributed by atoms with Gasteiger partial charge in [-0.1, -0.05) is 54.6 Å². The molecule has 2 aromatic heterocycles. The van der Waals surface area contributed by atoms with Gasteiger partial charge in [0.2, 0.25) is 0 Å². The fourth-order valence-corrected chi connectivity index (χ4v) is 3.27. The Hall–Kier alpha value is -3.47. The minimum Gasteiger partial charge on any atom is -0.268 e. The van der Waals surface area contributed by atoms with Crippen molar-refractivity contribution in [2.24, 2.45) is 0 Å². The third-order valence-corrected chi connectivity index (χ3v) is 4.56. The topological polar surface area (TPSA) is 69.0 Å². The molecule has 2 N–H and O–H groups in total. The Morgan fingerprint density at radius 1 is 0.923 bits per heavy atom. The normalized spacial score (nSPS) is 11.0. The first-order valence-electron chi connectivity index (χ1n) is 8.42. The van der Waals surface area contributed by atoms with Gasteiger partial charge in [0.15, 0.2) is 0 Å². The van der Waals surface area contributed by atoms with Gasteiger partial charge in [-0.25, -0.2) is 9.78 Å². The van der Waals surface area contributed by atoms with Crippen LogP contribution in [-0.4, -0.2) is 9.55 Å². The number of hydrogen-bond acceptors (Lipinski definition) is 2. The van der Waals surface area contributed by atoms with Gasteiger partial charge in [-0.3, -0.25) is 9.78 Å². The van der Waals surface area contributed by atoms with E-state index in [1.807, 2.05) is 67.6 Å². The molecule has 5 nitrogen and oxygen atoms in total. The van der Waals surface area contributed by atoms with Gasteiger partial charge >= 0.3 is 5.69 Å². The lowest BCUT2D eigenvalue weighted by Gasteiger charge is -2.08. The van der Waals surface area contributed by atoms with Gasteiger partial charge in [0, 0.05) is 5.56 Å². The van der Waals surface area contributed by atoms with Crippen LogP contribution in [0.1, 0.15) is 11.1 Å². The van der Waals surface area contributed by atoms with E-state index in [9.17, 15) is 9.59 Å². The lowest BCUT2D eigenvalue weighted by molar-refractivity contribution is -0.349. The van der Waals surface area contributed by atoms with E-state index in [-0.39, 0.29) is 5.56 Å². The number of aromatic amines is 2. The molecule has 0 spiro atoms. The Labute approximate surface area is 149 Å². The first-order chi connectivity index (χ1) is 12.6. The van der Waals surface area contributed by atoms with Crippen LogP contribution < -0.4 is 16.2 Å². The second kappa shape index (κ2) is 6.44. The van der Waals surface area contributed by atoms with Gasteiger partial charge in [-0.15, -0.1) is 0 Å². The number of H-pyrrole nitrogens is 2. The van der Waals surface area contributed by atoms with E-state index in [4.69, 9.17) is 0 Å². The van der Waals surface area contributed by atoms with Crippen LogP contribution in [0, 0.1) is 6.92 Å². The zero-order chi connectivity index (χ0) is 18.1. The van der Waals surface area contributed by atoms with Crippen molar-refractivity contribution >= 4 is 11.0 Å². The Bertz CT molecular complexity index is 1210. The highest BCUT2D eigenvalue weighted by atomic mass is 16.2. The van der Waals surface area contributed by atoms with E-state index in [0.29, 0.717) is 17.6 Å². The Kier molecular flexibility index (Phi) is 3.97. The maximum absolute atomic E-state index is 12.6. The molecule has 0 atom stereocenters. The van der Waals surface area contributed by atoms with Gasteiger partial charge in [0.05, 0.1) is 6.20 Å². The molecule has 0 radical (unpaired) electrons. The number of aromatic nitrogens is 3. The predicted octanol–water partition coefficient (Wildman–Crippen LogP) is 2.53. The van der Waals surface area contributed by atoms with Crippen molar-refractivity contribution in [1.29, 1.82) is 0 Å². The van der Waals surface area contributed by atoms with Crippen molar-refractivity contribution in [2.45, 2.75) is 13.5 Å². The van der Waals surface area contributed by atoms with Crippen LogP contribution >= 0.6 is 0 Å². The third-order valence-electron chi connectivity index (χ3n) is 4.56. The molecule has 4 aromatic rings. The molecule has 2 aromatic carbocycles. The van der Waals surface area contributed by atoms with E-state index in [1.165, 1.54) is 0 Å². The van der Waals surface area contributed by atoms with Gasteiger partial charge in [0.25, 0.3) is 11.2 Å². The number of fused-ring (bicyclic) bond motifs is 1. The van der Waals surface area contributed by atoms with Gasteiger partial charge in [0.1, 0.15) is 11.9 Å². The zero-order valence-corrected chi connectivity index (χ0v) is 14.3. The molecular formula is C21H18N3O2+. The second-order valence-electron chi connectivity index (χ2n) is 6.26. The summed E-state index contributed by atoms with van der Waals surface area (Å²) in [6.07, 6.45) is 1.77. The van der Waals surface area contributed by atoms with Crippen LogP contribution in [0.25, 0.3) is 22.2 Å². The van der Waals surface area contributed by atoms with Crippen LogP contribution in [-0.2, 0) is 6.54 Å². The Morgan fingerprint density at radius 2 is 1.65 bits per heavy atom. The standard InChI is InChI=1S/C21H17N3O2/c1-14-7-5-6-10-16(14)17-11-12-22-19-18(17)20(25)23-21(26)24(19)13-15-8-3-2-4-9-15/h2-12H,13H2,1H3,(H,23,25,26)/p+1.